The Morgan fingerprint density at radius 2 is 1.80 bits per heavy atom. The predicted octanol–water partition coefficient (Wildman–Crippen LogP) is 4.86. The number of carbonyl (C=O) groups excluding carboxylic acids is 1. The minimum atomic E-state index is -4.43. The quantitative estimate of drug-likeness (QED) is 0.288. The monoisotopic (exact) mass is 574 g/mol. The van der Waals surface area contributed by atoms with Gasteiger partial charge in [-0.2, -0.15) is 18.2 Å². The lowest BCUT2D eigenvalue weighted by molar-refractivity contribution is -0.137. The Bertz CT molecular complexity index is 1630. The summed E-state index contributed by atoms with van der Waals surface area (Å²) in [5.41, 5.74) is 0.773. The molecule has 1 aliphatic rings. The van der Waals surface area contributed by atoms with Gasteiger partial charge in [0.05, 0.1) is 11.8 Å². The van der Waals surface area contributed by atoms with Crippen molar-refractivity contribution >= 4 is 38.5 Å². The van der Waals surface area contributed by atoms with E-state index >= 15 is 0 Å². The smallest absolute Gasteiger partial charge is 0.416 e. The van der Waals surface area contributed by atoms with E-state index in [0.29, 0.717) is 48.6 Å². The highest BCUT2D eigenvalue weighted by atomic mass is 32.2. The largest absolute Gasteiger partial charge is 0.439 e. The summed E-state index contributed by atoms with van der Waals surface area (Å²) >= 11 is 0. The summed E-state index contributed by atoms with van der Waals surface area (Å²) in [7, 11) is -3.41. The maximum atomic E-state index is 13.1. The molecule has 0 bridgehead atoms. The van der Waals surface area contributed by atoms with Gasteiger partial charge in [0.25, 0.3) is 5.91 Å². The summed E-state index contributed by atoms with van der Waals surface area (Å²) < 4.78 is 69.3. The number of ether oxygens (including phenoxy) is 1. The molecule has 0 radical (unpaired) electrons. The van der Waals surface area contributed by atoms with Gasteiger partial charge < -0.3 is 19.9 Å². The summed E-state index contributed by atoms with van der Waals surface area (Å²) in [5, 5.41) is 3.94. The zero-order valence-corrected chi connectivity index (χ0v) is 22.0. The first-order valence-electron chi connectivity index (χ1n) is 12.3. The molecule has 1 saturated heterocycles. The second kappa shape index (κ2) is 10.7. The molecule has 0 unspecified atom stereocenters. The molecule has 0 saturated carbocycles. The van der Waals surface area contributed by atoms with Crippen molar-refractivity contribution in [2.45, 2.75) is 25.1 Å². The summed E-state index contributed by atoms with van der Waals surface area (Å²) in [6, 6.07) is 12.5. The number of aromatic nitrogens is 3. The third-order valence-electron chi connectivity index (χ3n) is 6.30. The number of nitrogens with one attached hydrogen (secondary N) is 3. The highest BCUT2D eigenvalue weighted by Gasteiger charge is 2.30. The molecule has 5 rings (SSSR count). The first-order chi connectivity index (χ1) is 18.9. The number of aromatic amines is 1. The maximum Gasteiger partial charge on any atom is 0.416 e. The van der Waals surface area contributed by atoms with Crippen LogP contribution >= 0.6 is 0 Å². The molecule has 14 heteroatoms. The van der Waals surface area contributed by atoms with Gasteiger partial charge in [-0.1, -0.05) is 0 Å². The average molecular weight is 575 g/mol. The fourth-order valence-electron chi connectivity index (χ4n) is 4.41. The second-order valence-electron chi connectivity index (χ2n) is 9.41. The van der Waals surface area contributed by atoms with Crippen LogP contribution in [0, 0.1) is 0 Å². The maximum absolute atomic E-state index is 13.1. The fraction of sp³-hybridized carbons (Fsp3) is 0.269. The molecule has 2 aromatic carbocycles. The first kappa shape index (κ1) is 27.2. The summed E-state index contributed by atoms with van der Waals surface area (Å²) in [6.45, 7) is 0.989. The standard InChI is InChI=1S/C26H25F3N6O4S/c1-40(37,38)34-19-4-7-21-16(14-19)15-22(32-21)24(36)35-12-9-18(10-13-35)31-25-30-11-8-23(33-25)39-20-5-2-17(3-6-20)26(27,28)29/h2-8,11,14-15,18,32,34H,9-10,12-13H2,1H3,(H,30,31,33). The molecule has 3 heterocycles. The van der Waals surface area contributed by atoms with Gasteiger partial charge in [-0.05, 0) is 61.4 Å². The van der Waals surface area contributed by atoms with Crippen LogP contribution in [0.25, 0.3) is 10.9 Å². The van der Waals surface area contributed by atoms with E-state index < -0.39 is 21.8 Å². The molecule has 2 aromatic heterocycles. The third kappa shape index (κ3) is 6.62. The minimum absolute atomic E-state index is 0.00212. The highest BCUT2D eigenvalue weighted by Crippen LogP contribution is 2.31. The van der Waals surface area contributed by atoms with E-state index in [-0.39, 0.29) is 23.6 Å². The molecule has 10 nitrogen and oxygen atoms in total. The molecule has 210 valence electrons. The van der Waals surface area contributed by atoms with Crippen LogP contribution in [0.2, 0.25) is 0 Å². The van der Waals surface area contributed by atoms with E-state index in [1.165, 1.54) is 24.4 Å². The number of carbonyl (C=O) groups is 1. The Morgan fingerprint density at radius 1 is 1.07 bits per heavy atom. The number of rotatable bonds is 7. The highest BCUT2D eigenvalue weighted by molar-refractivity contribution is 7.92. The number of fused-ring (bicyclic) bond motifs is 1. The molecular weight excluding hydrogens is 549 g/mol. The van der Waals surface area contributed by atoms with Crippen LogP contribution in [-0.4, -0.2) is 59.6 Å². The molecule has 0 aliphatic carbocycles. The third-order valence-corrected chi connectivity index (χ3v) is 6.91. The van der Waals surface area contributed by atoms with Crippen LogP contribution in [0.15, 0.2) is 60.8 Å². The Hall–Kier alpha value is -4.33. The van der Waals surface area contributed by atoms with Gasteiger partial charge in [0.15, 0.2) is 0 Å². The number of sulfonamides is 1. The van der Waals surface area contributed by atoms with Crippen LogP contribution in [-0.2, 0) is 16.2 Å². The number of nitrogens with zero attached hydrogens (tertiary/aromatic N) is 3. The van der Waals surface area contributed by atoms with Crippen LogP contribution in [0.4, 0.5) is 24.8 Å². The van der Waals surface area contributed by atoms with Gasteiger partial charge >= 0.3 is 6.18 Å². The van der Waals surface area contributed by atoms with Crippen molar-refractivity contribution in [2.24, 2.45) is 0 Å². The van der Waals surface area contributed by atoms with E-state index in [9.17, 15) is 26.4 Å². The minimum Gasteiger partial charge on any atom is -0.439 e. The van der Waals surface area contributed by atoms with Crippen molar-refractivity contribution in [3.63, 3.8) is 0 Å². The Kier molecular flexibility index (Phi) is 7.27. The summed E-state index contributed by atoms with van der Waals surface area (Å²) in [5.74, 6) is 0.543. The number of H-pyrrole nitrogens is 1. The molecule has 0 spiro atoms. The van der Waals surface area contributed by atoms with E-state index in [1.807, 2.05) is 0 Å². The summed E-state index contributed by atoms with van der Waals surface area (Å²) in [4.78, 5) is 26.4. The number of hydrogen-bond donors (Lipinski definition) is 3. The molecule has 3 N–H and O–H groups in total. The number of alkyl halides is 3. The number of anilines is 2. The van der Waals surface area contributed by atoms with Gasteiger partial charge in [0, 0.05) is 48.0 Å². The number of benzene rings is 2. The fourth-order valence-corrected chi connectivity index (χ4v) is 4.96. The molecule has 1 aliphatic heterocycles. The lowest BCUT2D eigenvalue weighted by Crippen LogP contribution is -2.42. The van der Waals surface area contributed by atoms with E-state index in [1.54, 1.807) is 29.2 Å². The zero-order valence-electron chi connectivity index (χ0n) is 21.2. The van der Waals surface area contributed by atoms with Crippen LogP contribution < -0.4 is 14.8 Å². The van der Waals surface area contributed by atoms with Crippen molar-refractivity contribution < 1.29 is 31.1 Å². The SMILES string of the molecule is CS(=O)(=O)Nc1ccc2[nH]c(C(=O)N3CCC(Nc4nccc(Oc5ccc(C(F)(F)F)cc5)n4)CC3)cc2c1. The Morgan fingerprint density at radius 3 is 2.48 bits per heavy atom. The van der Waals surface area contributed by atoms with Crippen molar-refractivity contribution in [1.82, 2.24) is 19.9 Å². The number of amides is 1. The number of halogens is 3. The normalized spacial score (nSPS) is 14.8. The van der Waals surface area contributed by atoms with Crippen molar-refractivity contribution in [1.29, 1.82) is 0 Å². The van der Waals surface area contributed by atoms with Crippen molar-refractivity contribution in [3.05, 3.63) is 72.1 Å². The first-order valence-corrected chi connectivity index (χ1v) is 14.2. The van der Waals surface area contributed by atoms with Crippen molar-refractivity contribution in [3.8, 4) is 11.6 Å². The van der Waals surface area contributed by atoms with Crippen molar-refractivity contribution in [2.75, 3.05) is 29.4 Å². The lowest BCUT2D eigenvalue weighted by Gasteiger charge is -2.32. The van der Waals surface area contributed by atoms with Crippen LogP contribution in [0.5, 0.6) is 11.6 Å². The Balaban J connectivity index is 1.16. The van der Waals surface area contributed by atoms with E-state index in [4.69, 9.17) is 4.74 Å². The second-order valence-corrected chi connectivity index (χ2v) is 11.2. The average Bonchev–Trinajstić information content (AvgIpc) is 3.31. The van der Waals surface area contributed by atoms with Gasteiger partial charge in [-0.15, -0.1) is 0 Å². The molecule has 4 aromatic rings. The molecular formula is C26H25F3N6O4S. The molecule has 1 fully saturated rings. The number of piperidine rings is 1. The van der Waals surface area contributed by atoms with Gasteiger partial charge in [0.1, 0.15) is 11.4 Å². The topological polar surface area (TPSA) is 129 Å². The van der Waals surface area contributed by atoms with E-state index in [0.717, 1.165) is 23.9 Å². The molecule has 1 amide bonds. The van der Waals surface area contributed by atoms with Gasteiger partial charge in [-0.25, -0.2) is 13.4 Å². The Labute approximate surface area is 227 Å². The van der Waals surface area contributed by atoms with Crippen LogP contribution in [0.1, 0.15) is 28.9 Å². The molecule has 40 heavy (non-hydrogen) atoms. The van der Waals surface area contributed by atoms with Gasteiger partial charge in [0.2, 0.25) is 21.9 Å². The number of hydrogen-bond acceptors (Lipinski definition) is 7. The molecule has 0 atom stereocenters. The lowest BCUT2D eigenvalue weighted by atomic mass is 10.0. The van der Waals surface area contributed by atoms with E-state index in [2.05, 4.69) is 25.0 Å². The summed E-state index contributed by atoms with van der Waals surface area (Å²) in [6.07, 6.45) is -0.588. The zero-order chi connectivity index (χ0) is 28.5. The van der Waals surface area contributed by atoms with Gasteiger partial charge in [-0.3, -0.25) is 9.52 Å². The number of likely N-dealkylation sites (tertiary alicyclic amines) is 1. The predicted molar refractivity (Wildman–Crippen MR) is 143 cm³/mol. The van der Waals surface area contributed by atoms with Crippen LogP contribution in [0.3, 0.4) is 0 Å².